The third kappa shape index (κ3) is 1.54. The molecule has 1 unspecified atom stereocenters. The van der Waals surface area contributed by atoms with Gasteiger partial charge in [0.2, 0.25) is 5.91 Å². The average molecular weight is 214 g/mol. The normalized spacial score (nSPS) is 20.8. The molecule has 0 aliphatic carbocycles. The van der Waals surface area contributed by atoms with E-state index in [1.165, 1.54) is 11.8 Å². The number of anilines is 1. The van der Waals surface area contributed by atoms with Gasteiger partial charge in [-0.25, -0.2) is 0 Å². The molecular formula is C9H8ClNOS. The standard InChI is InChI=1S/C9H8ClNOS/c1-5-9(12)11-8-6(10)3-2-4-7(8)13-5/h2-5H,1H3,(H,11,12). The molecule has 2 nitrogen and oxygen atoms in total. The number of halogens is 1. The van der Waals surface area contributed by atoms with Gasteiger partial charge < -0.3 is 5.32 Å². The summed E-state index contributed by atoms with van der Waals surface area (Å²) < 4.78 is 0. The monoisotopic (exact) mass is 213 g/mol. The Labute approximate surface area is 85.7 Å². The first-order valence-corrected chi connectivity index (χ1v) is 5.20. The number of hydrogen-bond donors (Lipinski definition) is 1. The number of hydrogen-bond acceptors (Lipinski definition) is 2. The van der Waals surface area contributed by atoms with Gasteiger partial charge in [-0.3, -0.25) is 4.79 Å². The number of para-hydroxylation sites is 1. The molecule has 0 fully saturated rings. The lowest BCUT2D eigenvalue weighted by molar-refractivity contribution is -0.115. The van der Waals surface area contributed by atoms with Crippen molar-refractivity contribution in [3.05, 3.63) is 23.2 Å². The molecule has 1 amide bonds. The number of benzene rings is 1. The number of amides is 1. The Morgan fingerprint density at radius 1 is 1.54 bits per heavy atom. The Morgan fingerprint density at radius 3 is 3.08 bits per heavy atom. The molecule has 1 heterocycles. The summed E-state index contributed by atoms with van der Waals surface area (Å²) >= 11 is 7.46. The van der Waals surface area contributed by atoms with Gasteiger partial charge >= 0.3 is 0 Å². The van der Waals surface area contributed by atoms with E-state index >= 15 is 0 Å². The fourth-order valence-electron chi connectivity index (χ4n) is 1.19. The van der Waals surface area contributed by atoms with E-state index in [0.29, 0.717) is 5.02 Å². The fourth-order valence-corrected chi connectivity index (χ4v) is 2.45. The van der Waals surface area contributed by atoms with Crippen LogP contribution >= 0.6 is 23.4 Å². The van der Waals surface area contributed by atoms with E-state index in [4.69, 9.17) is 11.6 Å². The SMILES string of the molecule is CC1Sc2cccc(Cl)c2NC1=O. The average Bonchev–Trinajstić information content (AvgIpc) is 2.09. The summed E-state index contributed by atoms with van der Waals surface area (Å²) in [5.41, 5.74) is 0.747. The minimum Gasteiger partial charge on any atom is -0.323 e. The summed E-state index contributed by atoms with van der Waals surface area (Å²) in [4.78, 5) is 12.4. The second kappa shape index (κ2) is 3.24. The van der Waals surface area contributed by atoms with E-state index < -0.39 is 0 Å². The van der Waals surface area contributed by atoms with Crippen LogP contribution < -0.4 is 5.32 Å². The van der Waals surface area contributed by atoms with E-state index in [1.54, 1.807) is 6.07 Å². The lowest BCUT2D eigenvalue weighted by Crippen LogP contribution is -2.26. The number of carbonyl (C=O) groups is 1. The Kier molecular flexibility index (Phi) is 2.22. The van der Waals surface area contributed by atoms with Crippen LogP contribution in [-0.2, 0) is 4.79 Å². The second-order valence-electron chi connectivity index (χ2n) is 2.86. The van der Waals surface area contributed by atoms with E-state index in [0.717, 1.165) is 10.6 Å². The summed E-state index contributed by atoms with van der Waals surface area (Å²) in [7, 11) is 0. The second-order valence-corrected chi connectivity index (χ2v) is 4.65. The zero-order chi connectivity index (χ0) is 9.42. The molecule has 0 saturated carbocycles. The van der Waals surface area contributed by atoms with Crippen LogP contribution in [-0.4, -0.2) is 11.2 Å². The minimum absolute atomic E-state index is 0.0191. The molecule has 68 valence electrons. The highest BCUT2D eigenvalue weighted by atomic mass is 35.5. The molecule has 1 atom stereocenters. The Balaban J connectivity index is 2.48. The van der Waals surface area contributed by atoms with E-state index in [1.807, 2.05) is 19.1 Å². The summed E-state index contributed by atoms with van der Waals surface area (Å²) in [6, 6.07) is 5.62. The van der Waals surface area contributed by atoms with Gasteiger partial charge in [0.25, 0.3) is 0 Å². The van der Waals surface area contributed by atoms with Crippen molar-refractivity contribution in [2.24, 2.45) is 0 Å². The molecule has 13 heavy (non-hydrogen) atoms. The summed E-state index contributed by atoms with van der Waals surface area (Å²) in [6.45, 7) is 1.88. The number of fused-ring (bicyclic) bond motifs is 1. The van der Waals surface area contributed by atoms with Gasteiger partial charge in [-0.1, -0.05) is 17.7 Å². The minimum atomic E-state index is -0.0361. The van der Waals surface area contributed by atoms with Gasteiger partial charge in [-0.2, -0.15) is 0 Å². The van der Waals surface area contributed by atoms with Crippen molar-refractivity contribution < 1.29 is 4.79 Å². The number of carbonyl (C=O) groups excluding carboxylic acids is 1. The summed E-state index contributed by atoms with van der Waals surface area (Å²) in [5.74, 6) is 0.0191. The molecule has 0 spiro atoms. The van der Waals surface area contributed by atoms with Crippen molar-refractivity contribution >= 4 is 35.0 Å². The molecule has 1 aliphatic rings. The van der Waals surface area contributed by atoms with E-state index in [9.17, 15) is 4.79 Å². The smallest absolute Gasteiger partial charge is 0.237 e. The molecule has 0 radical (unpaired) electrons. The zero-order valence-corrected chi connectivity index (χ0v) is 8.58. The van der Waals surface area contributed by atoms with Crippen molar-refractivity contribution in [1.29, 1.82) is 0 Å². The maximum absolute atomic E-state index is 11.3. The van der Waals surface area contributed by atoms with Crippen LogP contribution in [0.4, 0.5) is 5.69 Å². The highest BCUT2D eigenvalue weighted by Crippen LogP contribution is 2.39. The van der Waals surface area contributed by atoms with Gasteiger partial charge in [-0.05, 0) is 19.1 Å². The Morgan fingerprint density at radius 2 is 2.31 bits per heavy atom. The Bertz CT molecular complexity index is 367. The van der Waals surface area contributed by atoms with Crippen molar-refractivity contribution in [2.45, 2.75) is 17.1 Å². The third-order valence-electron chi connectivity index (χ3n) is 1.90. The van der Waals surface area contributed by atoms with Gasteiger partial charge in [-0.15, -0.1) is 11.8 Å². The van der Waals surface area contributed by atoms with Gasteiger partial charge in [0.15, 0.2) is 0 Å². The molecule has 0 saturated heterocycles. The quantitative estimate of drug-likeness (QED) is 0.718. The van der Waals surface area contributed by atoms with Crippen LogP contribution in [0, 0.1) is 0 Å². The van der Waals surface area contributed by atoms with Gasteiger partial charge in [0.05, 0.1) is 16.0 Å². The predicted octanol–water partition coefficient (Wildman–Crippen LogP) is 2.77. The van der Waals surface area contributed by atoms with Crippen LogP contribution in [0.2, 0.25) is 5.02 Å². The van der Waals surface area contributed by atoms with Crippen molar-refractivity contribution in [2.75, 3.05) is 5.32 Å². The lowest BCUT2D eigenvalue weighted by atomic mass is 10.3. The van der Waals surface area contributed by atoms with Crippen LogP contribution in [0.5, 0.6) is 0 Å². The first kappa shape index (κ1) is 8.91. The molecule has 1 aromatic rings. The highest BCUT2D eigenvalue weighted by molar-refractivity contribution is 8.01. The molecule has 4 heteroatoms. The third-order valence-corrected chi connectivity index (χ3v) is 3.37. The molecule has 0 aromatic heterocycles. The summed E-state index contributed by atoms with van der Waals surface area (Å²) in [6.07, 6.45) is 0. The van der Waals surface area contributed by atoms with Crippen LogP contribution in [0.25, 0.3) is 0 Å². The fraction of sp³-hybridized carbons (Fsp3) is 0.222. The first-order valence-electron chi connectivity index (χ1n) is 3.94. The van der Waals surface area contributed by atoms with Crippen molar-refractivity contribution in [3.63, 3.8) is 0 Å². The number of nitrogens with one attached hydrogen (secondary N) is 1. The van der Waals surface area contributed by atoms with Crippen molar-refractivity contribution in [1.82, 2.24) is 0 Å². The maximum atomic E-state index is 11.3. The van der Waals surface area contributed by atoms with E-state index in [2.05, 4.69) is 5.32 Å². The van der Waals surface area contributed by atoms with Crippen molar-refractivity contribution in [3.8, 4) is 0 Å². The first-order chi connectivity index (χ1) is 6.18. The highest BCUT2D eigenvalue weighted by Gasteiger charge is 2.23. The van der Waals surface area contributed by atoms with Crippen LogP contribution in [0.1, 0.15) is 6.92 Å². The topological polar surface area (TPSA) is 29.1 Å². The van der Waals surface area contributed by atoms with E-state index in [-0.39, 0.29) is 11.2 Å². The lowest BCUT2D eigenvalue weighted by Gasteiger charge is -2.21. The molecule has 1 aromatic carbocycles. The van der Waals surface area contributed by atoms with Gasteiger partial charge in [0.1, 0.15) is 0 Å². The van der Waals surface area contributed by atoms with Gasteiger partial charge in [0, 0.05) is 4.90 Å². The zero-order valence-electron chi connectivity index (χ0n) is 7.00. The molecular weight excluding hydrogens is 206 g/mol. The van der Waals surface area contributed by atoms with Crippen LogP contribution in [0.3, 0.4) is 0 Å². The number of rotatable bonds is 0. The molecule has 0 bridgehead atoms. The number of thioether (sulfide) groups is 1. The molecule has 1 N–H and O–H groups in total. The summed E-state index contributed by atoms with van der Waals surface area (Å²) in [5, 5.41) is 3.35. The predicted molar refractivity (Wildman–Crippen MR) is 55.4 cm³/mol. The Hall–Kier alpha value is -0.670. The molecule has 2 rings (SSSR count). The maximum Gasteiger partial charge on any atom is 0.237 e. The van der Waals surface area contributed by atoms with Crippen LogP contribution in [0.15, 0.2) is 23.1 Å². The molecule has 1 aliphatic heterocycles. The largest absolute Gasteiger partial charge is 0.323 e.